The van der Waals surface area contributed by atoms with Gasteiger partial charge in [0, 0.05) is 44.8 Å². The molecule has 0 aliphatic heterocycles. The molecule has 30 heavy (non-hydrogen) atoms. The van der Waals surface area contributed by atoms with E-state index in [0.717, 1.165) is 11.2 Å². The van der Waals surface area contributed by atoms with Crippen LogP contribution in [0.25, 0.3) is 44.5 Å². The summed E-state index contributed by atoms with van der Waals surface area (Å²) >= 11 is 0. The van der Waals surface area contributed by atoms with Crippen molar-refractivity contribution >= 4 is 44.5 Å². The molecule has 0 saturated heterocycles. The Balaban J connectivity index is 1.38. The number of fused-ring (bicyclic) bond motifs is 8. The predicted molar refractivity (Wildman–Crippen MR) is 124 cm³/mol. The molecule has 142 valence electrons. The van der Waals surface area contributed by atoms with Gasteiger partial charge in [-0.2, -0.15) is 0 Å². The number of furan rings is 1. The molecule has 2 aliphatic carbocycles. The lowest BCUT2D eigenvalue weighted by molar-refractivity contribution is 0.669. The van der Waals surface area contributed by atoms with Crippen molar-refractivity contribution in [3.8, 4) is 0 Å². The maximum Gasteiger partial charge on any atom is 0.135 e. The third-order valence-electron chi connectivity index (χ3n) is 6.58. The molecule has 0 amide bonds. The van der Waals surface area contributed by atoms with E-state index in [9.17, 15) is 0 Å². The predicted octanol–water partition coefficient (Wildman–Crippen LogP) is 7.45. The highest BCUT2D eigenvalue weighted by Crippen LogP contribution is 2.43. The van der Waals surface area contributed by atoms with E-state index >= 15 is 0 Å². The van der Waals surface area contributed by atoms with Crippen LogP contribution in [-0.4, -0.2) is 4.98 Å². The van der Waals surface area contributed by atoms with Crippen LogP contribution < -0.4 is 0 Å². The fourth-order valence-electron chi connectivity index (χ4n) is 5.09. The Bertz CT molecular complexity index is 1560. The summed E-state index contributed by atoms with van der Waals surface area (Å²) in [5, 5.41) is 3.65. The van der Waals surface area contributed by atoms with Gasteiger partial charge < -0.3 is 9.40 Å². The number of hydrogen-bond acceptors (Lipinski definition) is 1. The summed E-state index contributed by atoms with van der Waals surface area (Å²) in [5.74, 6) is 0.724. The molecule has 3 aromatic carbocycles. The Hall–Kier alpha value is -3.78. The number of hydrogen-bond donors (Lipinski definition) is 1. The van der Waals surface area contributed by atoms with Gasteiger partial charge in [-0.25, -0.2) is 0 Å². The average molecular weight is 385 g/mol. The number of H-pyrrole nitrogens is 1. The molecule has 0 spiro atoms. The average Bonchev–Trinajstić information content (AvgIpc) is 3.37. The number of aromatic amines is 1. The standard InChI is InChI=1S/C28H19NO/c1-3-7-25-20(5-1)22-13-11-17-9-10-18(15-23(17)28(22)29-25)19-12-14-27-24(16-19)21-6-2-4-8-26(21)30-27/h1-17,23,29H. The van der Waals surface area contributed by atoms with Gasteiger partial charge in [0.2, 0.25) is 0 Å². The summed E-state index contributed by atoms with van der Waals surface area (Å²) in [6.07, 6.45) is 11.6. The lowest BCUT2D eigenvalue weighted by Crippen LogP contribution is -2.14. The molecule has 0 saturated carbocycles. The third kappa shape index (κ3) is 2.19. The van der Waals surface area contributed by atoms with Crippen molar-refractivity contribution in [2.24, 2.45) is 5.92 Å². The molecule has 2 aliphatic rings. The molecule has 7 rings (SSSR count). The maximum atomic E-state index is 6.01. The second-order valence-electron chi connectivity index (χ2n) is 8.25. The summed E-state index contributed by atoms with van der Waals surface area (Å²) in [6.45, 7) is 0. The zero-order valence-electron chi connectivity index (χ0n) is 16.3. The quantitative estimate of drug-likeness (QED) is 0.319. The molecule has 2 heterocycles. The van der Waals surface area contributed by atoms with Crippen LogP contribution in [0.1, 0.15) is 22.7 Å². The number of allylic oxidation sites excluding steroid dienone is 5. The van der Waals surface area contributed by atoms with Crippen molar-refractivity contribution in [1.82, 2.24) is 4.98 Å². The largest absolute Gasteiger partial charge is 0.456 e. The summed E-state index contributed by atoms with van der Waals surface area (Å²) in [4.78, 5) is 3.69. The van der Waals surface area contributed by atoms with Gasteiger partial charge in [0.15, 0.2) is 0 Å². The number of benzene rings is 3. The Labute approximate surface area is 173 Å². The molecule has 2 unspecified atom stereocenters. The molecule has 0 radical (unpaired) electrons. The highest BCUT2D eigenvalue weighted by molar-refractivity contribution is 6.06. The molecule has 2 heteroatoms. The maximum absolute atomic E-state index is 6.01. The molecule has 5 aromatic rings. The summed E-state index contributed by atoms with van der Waals surface area (Å²) in [7, 11) is 0. The van der Waals surface area contributed by atoms with E-state index in [2.05, 4.69) is 90.0 Å². The zero-order valence-corrected chi connectivity index (χ0v) is 16.3. The smallest absolute Gasteiger partial charge is 0.135 e. The zero-order chi connectivity index (χ0) is 19.7. The normalized spacial score (nSPS) is 19.9. The SMILES string of the molecule is C1=CC2C=Cc3c([nH]c4ccccc34)C2C=C1c1ccc2oc3ccccc3c2c1. The minimum absolute atomic E-state index is 0.328. The van der Waals surface area contributed by atoms with Crippen molar-refractivity contribution in [2.45, 2.75) is 5.92 Å². The van der Waals surface area contributed by atoms with E-state index in [1.807, 2.05) is 12.1 Å². The molecule has 2 nitrogen and oxygen atoms in total. The molecular weight excluding hydrogens is 366 g/mol. The fourth-order valence-corrected chi connectivity index (χ4v) is 5.09. The second kappa shape index (κ2) is 5.87. The first kappa shape index (κ1) is 16.1. The first-order valence-electron chi connectivity index (χ1n) is 10.5. The van der Waals surface area contributed by atoms with Gasteiger partial charge in [-0.15, -0.1) is 0 Å². The van der Waals surface area contributed by atoms with Crippen LogP contribution in [0.15, 0.2) is 95.5 Å². The van der Waals surface area contributed by atoms with E-state index in [4.69, 9.17) is 4.42 Å². The van der Waals surface area contributed by atoms with Gasteiger partial charge in [0.25, 0.3) is 0 Å². The van der Waals surface area contributed by atoms with Crippen molar-refractivity contribution in [1.29, 1.82) is 0 Å². The Morgan fingerprint density at radius 1 is 0.733 bits per heavy atom. The topological polar surface area (TPSA) is 28.9 Å². The van der Waals surface area contributed by atoms with Gasteiger partial charge in [-0.05, 0) is 35.4 Å². The minimum Gasteiger partial charge on any atom is -0.456 e. The van der Waals surface area contributed by atoms with E-state index in [1.165, 1.54) is 44.1 Å². The highest BCUT2D eigenvalue weighted by Gasteiger charge is 2.28. The Morgan fingerprint density at radius 3 is 2.50 bits per heavy atom. The lowest BCUT2D eigenvalue weighted by atomic mass is 9.77. The molecule has 2 atom stereocenters. The van der Waals surface area contributed by atoms with Crippen LogP contribution in [0.3, 0.4) is 0 Å². The van der Waals surface area contributed by atoms with Gasteiger partial charge >= 0.3 is 0 Å². The van der Waals surface area contributed by atoms with Crippen LogP contribution in [0.2, 0.25) is 0 Å². The van der Waals surface area contributed by atoms with Crippen LogP contribution in [0.4, 0.5) is 0 Å². The lowest BCUT2D eigenvalue weighted by Gasteiger charge is -2.27. The van der Waals surface area contributed by atoms with E-state index in [0.29, 0.717) is 11.8 Å². The number of nitrogens with one attached hydrogen (secondary N) is 1. The van der Waals surface area contributed by atoms with Gasteiger partial charge in [-0.1, -0.05) is 72.8 Å². The molecule has 0 fully saturated rings. The van der Waals surface area contributed by atoms with Gasteiger partial charge in [0.1, 0.15) is 11.2 Å². The van der Waals surface area contributed by atoms with E-state index in [1.54, 1.807) is 0 Å². The Morgan fingerprint density at radius 2 is 1.53 bits per heavy atom. The van der Waals surface area contributed by atoms with Crippen molar-refractivity contribution in [3.63, 3.8) is 0 Å². The van der Waals surface area contributed by atoms with Crippen LogP contribution >= 0.6 is 0 Å². The minimum atomic E-state index is 0.328. The van der Waals surface area contributed by atoms with Crippen LogP contribution in [-0.2, 0) is 0 Å². The fraction of sp³-hybridized carbons (Fsp3) is 0.0714. The van der Waals surface area contributed by atoms with Crippen LogP contribution in [0, 0.1) is 5.92 Å². The van der Waals surface area contributed by atoms with Gasteiger partial charge in [0.05, 0.1) is 0 Å². The summed E-state index contributed by atoms with van der Waals surface area (Å²) in [6, 6.07) is 23.4. The van der Waals surface area contributed by atoms with Crippen molar-refractivity contribution < 1.29 is 4.42 Å². The van der Waals surface area contributed by atoms with Crippen LogP contribution in [0.5, 0.6) is 0 Å². The first-order chi connectivity index (χ1) is 14.8. The van der Waals surface area contributed by atoms with Gasteiger partial charge in [-0.3, -0.25) is 0 Å². The second-order valence-corrected chi connectivity index (χ2v) is 8.25. The van der Waals surface area contributed by atoms with E-state index in [-0.39, 0.29) is 0 Å². The number of aromatic nitrogens is 1. The monoisotopic (exact) mass is 385 g/mol. The van der Waals surface area contributed by atoms with E-state index < -0.39 is 0 Å². The highest BCUT2D eigenvalue weighted by atomic mass is 16.3. The first-order valence-corrected chi connectivity index (χ1v) is 10.5. The summed E-state index contributed by atoms with van der Waals surface area (Å²) < 4.78 is 6.01. The molecular formula is C28H19NO. The molecule has 0 bridgehead atoms. The Kier molecular flexibility index (Phi) is 3.14. The number of rotatable bonds is 1. The third-order valence-corrected chi connectivity index (χ3v) is 6.58. The molecule has 1 N–H and O–H groups in total. The summed E-state index contributed by atoms with van der Waals surface area (Å²) in [5.41, 5.74) is 8.24. The van der Waals surface area contributed by atoms with Crippen molar-refractivity contribution in [2.75, 3.05) is 0 Å². The molecule has 2 aromatic heterocycles. The van der Waals surface area contributed by atoms with Crippen molar-refractivity contribution in [3.05, 3.63) is 108 Å². The number of para-hydroxylation sites is 2.